The lowest BCUT2D eigenvalue weighted by atomic mass is 9.92. The monoisotopic (exact) mass is 435 g/mol. The van der Waals surface area contributed by atoms with Gasteiger partial charge in [0.15, 0.2) is 6.21 Å². The van der Waals surface area contributed by atoms with Gasteiger partial charge in [0.25, 0.3) is 0 Å². The third-order valence-electron chi connectivity index (χ3n) is 4.92. The molecule has 0 radical (unpaired) electrons. The van der Waals surface area contributed by atoms with Gasteiger partial charge in [-0.15, -0.1) is 10.2 Å². The van der Waals surface area contributed by atoms with Crippen molar-refractivity contribution in [2.75, 3.05) is 7.05 Å². The number of benzene rings is 3. The van der Waals surface area contributed by atoms with E-state index in [1.165, 1.54) is 22.4 Å². The Balaban J connectivity index is 0.000000418. The number of nitrogens with zero attached hydrogens (tertiary/aromatic N) is 1. The number of ether oxygens (including phenoxy) is 1. The van der Waals surface area contributed by atoms with Crippen LogP contribution in [0.5, 0.6) is 5.75 Å². The molecule has 0 bridgehead atoms. The Labute approximate surface area is 181 Å². The summed E-state index contributed by atoms with van der Waals surface area (Å²) in [4.78, 5) is 0. The molecule has 0 spiro atoms. The molecule has 0 fully saturated rings. The van der Waals surface area contributed by atoms with Crippen molar-refractivity contribution in [3.8, 4) is 5.75 Å². The molecule has 2 heterocycles. The molecular formula is C24H18ClNO5. The molecule has 0 saturated heterocycles. The molecule has 2 aliphatic rings. The highest BCUT2D eigenvalue weighted by molar-refractivity contribution is 6.24. The number of allylic oxidation sites excluding steroid dienone is 3. The number of fused-ring (bicyclic) bond motifs is 2. The molecule has 2 aliphatic heterocycles. The van der Waals surface area contributed by atoms with Gasteiger partial charge >= 0.3 is 0 Å². The average Bonchev–Trinajstić information content (AvgIpc) is 3.09. The van der Waals surface area contributed by atoms with Crippen molar-refractivity contribution in [1.82, 2.24) is 0 Å². The van der Waals surface area contributed by atoms with E-state index in [0.29, 0.717) is 0 Å². The van der Waals surface area contributed by atoms with Crippen LogP contribution in [0.3, 0.4) is 0 Å². The second-order valence-electron chi connectivity index (χ2n) is 6.94. The second kappa shape index (κ2) is 8.47. The van der Waals surface area contributed by atoms with E-state index in [1.54, 1.807) is 0 Å². The first-order chi connectivity index (χ1) is 14.8. The number of para-hydroxylation sites is 2. The summed E-state index contributed by atoms with van der Waals surface area (Å²) in [5.74, 6) is 1.78. The second-order valence-corrected chi connectivity index (χ2v) is 7.69. The normalized spacial score (nSPS) is 16.8. The average molecular weight is 436 g/mol. The minimum absolute atomic E-state index is 0.882. The van der Waals surface area contributed by atoms with Gasteiger partial charge in [0, 0.05) is 22.8 Å². The molecule has 3 aromatic carbocycles. The summed E-state index contributed by atoms with van der Waals surface area (Å²) in [7, 11) is -2.85. The Morgan fingerprint density at radius 2 is 1.29 bits per heavy atom. The molecule has 7 heteroatoms. The Bertz CT molecular complexity index is 1200. The topological polar surface area (TPSA) is 104 Å². The first-order valence-electron chi connectivity index (χ1n) is 9.39. The molecule has 0 aliphatic carbocycles. The van der Waals surface area contributed by atoms with Gasteiger partial charge in [0.2, 0.25) is 5.69 Å². The van der Waals surface area contributed by atoms with E-state index in [1.807, 2.05) is 30.3 Å². The predicted molar refractivity (Wildman–Crippen MR) is 107 cm³/mol. The maximum absolute atomic E-state index is 8.49. The molecule has 0 saturated carbocycles. The minimum atomic E-state index is -4.94. The third-order valence-corrected chi connectivity index (χ3v) is 4.92. The van der Waals surface area contributed by atoms with Gasteiger partial charge in [-0.25, -0.2) is 23.2 Å². The van der Waals surface area contributed by atoms with E-state index in [0.717, 1.165) is 22.6 Å². The van der Waals surface area contributed by atoms with E-state index < -0.39 is 10.2 Å². The maximum atomic E-state index is 8.49. The zero-order valence-corrected chi connectivity index (χ0v) is 17.3. The van der Waals surface area contributed by atoms with Gasteiger partial charge in [0.05, 0.1) is 11.1 Å². The van der Waals surface area contributed by atoms with Crippen molar-refractivity contribution in [3.05, 3.63) is 102 Å². The molecule has 0 amide bonds. The van der Waals surface area contributed by atoms with Crippen LogP contribution in [0, 0.1) is 10.2 Å². The first kappa shape index (κ1) is 21.0. The zero-order valence-electron chi connectivity index (χ0n) is 16.5. The Kier molecular flexibility index (Phi) is 5.73. The smallest absolute Gasteiger partial charge is 0.213 e. The molecule has 0 unspecified atom stereocenters. The Morgan fingerprint density at radius 1 is 0.710 bits per heavy atom. The van der Waals surface area contributed by atoms with Gasteiger partial charge in [-0.2, -0.15) is 0 Å². The van der Waals surface area contributed by atoms with Crippen molar-refractivity contribution in [3.63, 3.8) is 0 Å². The molecule has 0 aromatic heterocycles. The van der Waals surface area contributed by atoms with Gasteiger partial charge in [-0.3, -0.25) is 0 Å². The zero-order chi connectivity index (χ0) is 22.0. The summed E-state index contributed by atoms with van der Waals surface area (Å²) in [6, 6.07) is 27.0. The summed E-state index contributed by atoms with van der Waals surface area (Å²) >= 11 is 0. The quantitative estimate of drug-likeness (QED) is 0.521. The third kappa shape index (κ3) is 4.74. The summed E-state index contributed by atoms with van der Waals surface area (Å²) in [6.45, 7) is 0. The lowest BCUT2D eigenvalue weighted by molar-refractivity contribution is -2.00. The van der Waals surface area contributed by atoms with Crippen LogP contribution in [0.25, 0.3) is 16.9 Å². The lowest BCUT2D eigenvalue weighted by Crippen LogP contribution is -2.68. The minimum Gasteiger partial charge on any atom is -0.456 e. The highest BCUT2D eigenvalue weighted by Gasteiger charge is 2.28. The maximum Gasteiger partial charge on any atom is 0.213 e. The van der Waals surface area contributed by atoms with E-state index in [2.05, 4.69) is 72.4 Å². The van der Waals surface area contributed by atoms with Gasteiger partial charge in [-0.05, 0) is 18.2 Å². The summed E-state index contributed by atoms with van der Waals surface area (Å²) in [5, 5.41) is 0. The van der Waals surface area contributed by atoms with E-state index in [4.69, 9.17) is 23.4 Å². The molecule has 0 atom stereocenters. The van der Waals surface area contributed by atoms with Crippen LogP contribution in [0.4, 0.5) is 5.69 Å². The summed E-state index contributed by atoms with van der Waals surface area (Å²) < 4.78 is 42.4. The summed E-state index contributed by atoms with van der Waals surface area (Å²) in [5.41, 5.74) is 7.12. The molecule has 5 rings (SSSR count). The fraction of sp³-hybridized carbons (Fsp3) is 0.0417. The van der Waals surface area contributed by atoms with Crippen LogP contribution in [0.15, 0.2) is 84.9 Å². The molecular weight excluding hydrogens is 418 g/mol. The van der Waals surface area contributed by atoms with Crippen LogP contribution < -0.4 is 23.4 Å². The fourth-order valence-corrected chi connectivity index (χ4v) is 3.66. The van der Waals surface area contributed by atoms with E-state index in [-0.39, 0.29) is 0 Å². The van der Waals surface area contributed by atoms with Crippen LogP contribution in [-0.2, 0) is 0 Å². The molecule has 3 aromatic rings. The Morgan fingerprint density at radius 3 is 2.00 bits per heavy atom. The highest BCUT2D eigenvalue weighted by atomic mass is 35.7. The molecule has 31 heavy (non-hydrogen) atoms. The van der Waals surface area contributed by atoms with Gasteiger partial charge in [0.1, 0.15) is 18.6 Å². The number of hydrogen-bond donors (Lipinski definition) is 0. The van der Waals surface area contributed by atoms with Crippen molar-refractivity contribution in [1.29, 1.82) is 0 Å². The number of hydrogen-bond acceptors (Lipinski definition) is 5. The van der Waals surface area contributed by atoms with Crippen molar-refractivity contribution in [2.24, 2.45) is 0 Å². The van der Waals surface area contributed by atoms with Gasteiger partial charge < -0.3 is 4.74 Å². The largest absolute Gasteiger partial charge is 0.456 e. The standard InChI is InChI=1S/C24H18NO.ClHO4/c1-25-16-21(18-11-5-7-13-22(18)25)20-15-24(17-9-3-2-4-10-17)26-23-14-8-6-12-19(20)23;2-1(3,4)5/h2-16H,1H3;(H,2,3,4,5)/q+1;/p-1/b21-20+;. The number of rotatable bonds is 1. The van der Waals surface area contributed by atoms with Crippen LogP contribution >= 0.6 is 0 Å². The number of halogens is 1. The molecule has 0 N–H and O–H groups in total. The summed E-state index contributed by atoms with van der Waals surface area (Å²) in [6.07, 6.45) is 4.38. The van der Waals surface area contributed by atoms with Crippen molar-refractivity contribution in [2.45, 2.75) is 0 Å². The van der Waals surface area contributed by atoms with E-state index in [9.17, 15) is 0 Å². The van der Waals surface area contributed by atoms with Crippen LogP contribution in [0.2, 0.25) is 0 Å². The first-order valence-corrected chi connectivity index (χ1v) is 10.6. The predicted octanol–water partition coefficient (Wildman–Crippen LogP) is 0.633. The van der Waals surface area contributed by atoms with E-state index >= 15 is 0 Å². The van der Waals surface area contributed by atoms with Crippen LogP contribution in [0.1, 0.15) is 16.7 Å². The fourth-order valence-electron chi connectivity index (χ4n) is 3.66. The van der Waals surface area contributed by atoms with Crippen LogP contribution in [-0.4, -0.2) is 17.8 Å². The van der Waals surface area contributed by atoms with Crippen molar-refractivity contribution < 1.29 is 38.2 Å². The molecule has 156 valence electrons. The van der Waals surface area contributed by atoms with Crippen molar-refractivity contribution >= 4 is 28.8 Å². The lowest BCUT2D eigenvalue weighted by Gasteiger charge is -2.21. The molecule has 6 nitrogen and oxygen atoms in total. The highest BCUT2D eigenvalue weighted by Crippen LogP contribution is 2.42. The Hall–Kier alpha value is -3.26. The SMILES string of the molecule is C[N+]1=C/C(=C2/C=C(c3ccccc3)Oc3ccccc32)c2ccccc21.[O-][Cl+3]([O-])([O-])[O-]. The van der Waals surface area contributed by atoms with Gasteiger partial charge in [-0.1, -0.05) is 60.7 Å².